The van der Waals surface area contributed by atoms with Gasteiger partial charge in [0.1, 0.15) is 17.6 Å². The van der Waals surface area contributed by atoms with Crippen molar-refractivity contribution in [1.29, 1.82) is 0 Å². The molecule has 0 aliphatic rings. The first-order valence-electron chi connectivity index (χ1n) is 9.19. The molecule has 152 valence electrons. The predicted molar refractivity (Wildman–Crippen MR) is 110 cm³/mol. The molecular formula is C22H22O6S. The first-order chi connectivity index (χ1) is 13.9. The molecule has 0 saturated heterocycles. The molecule has 0 bridgehead atoms. The number of hydrogen-bond acceptors (Lipinski definition) is 5. The van der Waals surface area contributed by atoms with Crippen LogP contribution in [0.5, 0.6) is 5.75 Å². The Morgan fingerprint density at radius 2 is 1.72 bits per heavy atom. The Morgan fingerprint density at radius 3 is 2.41 bits per heavy atom. The van der Waals surface area contributed by atoms with Crippen molar-refractivity contribution in [1.82, 2.24) is 0 Å². The van der Waals surface area contributed by atoms with E-state index in [0.717, 1.165) is 16.3 Å². The molecule has 7 heteroatoms. The number of ether oxygens (including phenoxy) is 2. The van der Waals surface area contributed by atoms with Crippen LogP contribution in [0.1, 0.15) is 29.7 Å². The second kappa shape index (κ2) is 9.07. The zero-order valence-corrected chi connectivity index (χ0v) is 16.8. The molecule has 6 nitrogen and oxygen atoms in total. The summed E-state index contributed by atoms with van der Waals surface area (Å²) >= 11 is 0. The molecule has 0 aliphatic heterocycles. The summed E-state index contributed by atoms with van der Waals surface area (Å²) in [5, 5.41) is 0.233. The van der Waals surface area contributed by atoms with Gasteiger partial charge in [0.2, 0.25) is 0 Å². The van der Waals surface area contributed by atoms with Crippen molar-refractivity contribution in [3.05, 3.63) is 77.9 Å². The molecule has 0 heterocycles. The van der Waals surface area contributed by atoms with E-state index in [2.05, 4.69) is 0 Å². The van der Waals surface area contributed by atoms with Crippen LogP contribution in [0.15, 0.2) is 66.7 Å². The van der Waals surface area contributed by atoms with Crippen LogP contribution >= 0.6 is 0 Å². The molecular weight excluding hydrogens is 392 g/mol. The second-order valence-corrected chi connectivity index (χ2v) is 8.15. The maximum absolute atomic E-state index is 11.9. The first-order valence-corrected chi connectivity index (χ1v) is 10.7. The summed E-state index contributed by atoms with van der Waals surface area (Å²) in [5.74, 6) is -0.0533. The minimum Gasteiger partial charge on any atom is -0.489 e. The molecule has 0 radical (unpaired) electrons. The molecule has 0 spiro atoms. The van der Waals surface area contributed by atoms with Gasteiger partial charge in [-0.25, -0.2) is 0 Å². The summed E-state index contributed by atoms with van der Waals surface area (Å²) in [7, 11) is -4.49. The Morgan fingerprint density at radius 1 is 1.00 bits per heavy atom. The SMILES string of the molecule is CCOC(=O)CC(c1ccc2ccc(OCc3ccccc3)cc2c1)S(=O)(=O)O. The molecule has 0 amide bonds. The van der Waals surface area contributed by atoms with E-state index in [1.807, 2.05) is 42.5 Å². The van der Waals surface area contributed by atoms with E-state index in [9.17, 15) is 17.8 Å². The fraction of sp³-hybridized carbons (Fsp3) is 0.227. The third kappa shape index (κ3) is 5.56. The lowest BCUT2D eigenvalue weighted by atomic mass is 10.0. The number of hydrogen-bond donors (Lipinski definition) is 1. The minimum absolute atomic E-state index is 0.136. The Labute approximate surface area is 169 Å². The van der Waals surface area contributed by atoms with E-state index < -0.39 is 27.8 Å². The molecule has 0 aliphatic carbocycles. The maximum atomic E-state index is 11.9. The molecule has 3 aromatic rings. The van der Waals surface area contributed by atoms with Gasteiger partial charge in [0.05, 0.1) is 13.0 Å². The number of carbonyl (C=O) groups excluding carboxylic acids is 1. The molecule has 0 fully saturated rings. The summed E-state index contributed by atoms with van der Waals surface area (Å²) < 4.78 is 44.0. The Hall–Kier alpha value is -2.90. The van der Waals surface area contributed by atoms with Gasteiger partial charge in [-0.05, 0) is 47.0 Å². The monoisotopic (exact) mass is 414 g/mol. The lowest BCUT2D eigenvalue weighted by molar-refractivity contribution is -0.143. The average Bonchev–Trinajstić information content (AvgIpc) is 2.70. The van der Waals surface area contributed by atoms with Gasteiger partial charge in [0.15, 0.2) is 0 Å². The zero-order valence-electron chi connectivity index (χ0n) is 15.9. The highest BCUT2D eigenvalue weighted by Gasteiger charge is 2.28. The van der Waals surface area contributed by atoms with Crippen LogP contribution in [0.3, 0.4) is 0 Å². The van der Waals surface area contributed by atoms with Gasteiger partial charge in [-0.2, -0.15) is 8.42 Å². The van der Waals surface area contributed by atoms with E-state index in [1.54, 1.807) is 31.2 Å². The zero-order chi connectivity index (χ0) is 20.9. The quantitative estimate of drug-likeness (QED) is 0.437. The number of esters is 1. The normalized spacial score (nSPS) is 12.5. The lowest BCUT2D eigenvalue weighted by Gasteiger charge is -2.15. The Kier molecular flexibility index (Phi) is 6.51. The van der Waals surface area contributed by atoms with Crippen LogP contribution in [-0.4, -0.2) is 25.5 Å². The van der Waals surface area contributed by atoms with Crippen LogP contribution < -0.4 is 4.74 Å². The highest BCUT2D eigenvalue weighted by Crippen LogP contribution is 2.30. The van der Waals surface area contributed by atoms with Gasteiger partial charge >= 0.3 is 5.97 Å². The number of benzene rings is 3. The molecule has 1 N–H and O–H groups in total. The molecule has 1 atom stereocenters. The predicted octanol–water partition coefficient (Wildman–Crippen LogP) is 4.30. The van der Waals surface area contributed by atoms with Crippen LogP contribution in [0.2, 0.25) is 0 Å². The summed E-state index contributed by atoms with van der Waals surface area (Å²) in [5.41, 5.74) is 1.34. The average molecular weight is 414 g/mol. The third-order valence-corrected chi connectivity index (χ3v) is 5.63. The summed E-state index contributed by atoms with van der Waals surface area (Å²) in [6, 6.07) is 20.2. The highest BCUT2D eigenvalue weighted by atomic mass is 32.2. The Bertz CT molecular complexity index is 1090. The van der Waals surface area contributed by atoms with E-state index in [-0.39, 0.29) is 6.61 Å². The highest BCUT2D eigenvalue weighted by molar-refractivity contribution is 7.86. The summed E-state index contributed by atoms with van der Waals surface area (Å²) in [6.45, 7) is 2.17. The van der Waals surface area contributed by atoms with Crippen molar-refractivity contribution in [2.75, 3.05) is 6.61 Å². The number of carbonyl (C=O) groups is 1. The van der Waals surface area contributed by atoms with E-state index in [1.165, 1.54) is 0 Å². The molecule has 0 aromatic heterocycles. The van der Waals surface area contributed by atoms with Crippen molar-refractivity contribution in [3.63, 3.8) is 0 Å². The van der Waals surface area contributed by atoms with Crippen molar-refractivity contribution in [2.24, 2.45) is 0 Å². The van der Waals surface area contributed by atoms with E-state index in [4.69, 9.17) is 9.47 Å². The fourth-order valence-electron chi connectivity index (χ4n) is 3.04. The van der Waals surface area contributed by atoms with Crippen LogP contribution in [0.4, 0.5) is 0 Å². The van der Waals surface area contributed by atoms with Crippen molar-refractivity contribution in [3.8, 4) is 5.75 Å². The first kappa shape index (κ1) is 20.8. The van der Waals surface area contributed by atoms with Crippen LogP contribution in [-0.2, 0) is 26.3 Å². The fourth-order valence-corrected chi connectivity index (χ4v) is 3.88. The second-order valence-electron chi connectivity index (χ2n) is 6.56. The smallest absolute Gasteiger partial charge is 0.307 e. The lowest BCUT2D eigenvalue weighted by Crippen LogP contribution is -2.18. The van der Waals surface area contributed by atoms with Crippen molar-refractivity contribution < 1.29 is 27.2 Å². The van der Waals surface area contributed by atoms with Crippen molar-refractivity contribution in [2.45, 2.75) is 25.2 Å². The molecule has 0 saturated carbocycles. The largest absolute Gasteiger partial charge is 0.489 e. The molecule has 1 unspecified atom stereocenters. The molecule has 3 aromatic carbocycles. The molecule has 29 heavy (non-hydrogen) atoms. The summed E-state index contributed by atoms with van der Waals surface area (Å²) in [6.07, 6.45) is -0.456. The van der Waals surface area contributed by atoms with Crippen LogP contribution in [0, 0.1) is 0 Å². The van der Waals surface area contributed by atoms with Gasteiger partial charge < -0.3 is 9.47 Å². The van der Waals surface area contributed by atoms with Gasteiger partial charge in [0, 0.05) is 0 Å². The van der Waals surface area contributed by atoms with E-state index >= 15 is 0 Å². The standard InChI is InChI=1S/C22H22O6S/c1-2-27-22(23)14-21(29(24,25)26)18-9-8-17-10-11-20(13-19(17)12-18)28-15-16-6-4-3-5-7-16/h3-13,21H,2,14-15H2,1H3,(H,24,25,26). The minimum atomic E-state index is -4.49. The molecule has 3 rings (SSSR count). The van der Waals surface area contributed by atoms with Gasteiger partial charge in [-0.3, -0.25) is 9.35 Å². The van der Waals surface area contributed by atoms with Crippen LogP contribution in [0.25, 0.3) is 10.8 Å². The third-order valence-electron chi connectivity index (χ3n) is 4.47. The van der Waals surface area contributed by atoms with Gasteiger partial charge in [-0.1, -0.05) is 48.5 Å². The number of rotatable bonds is 8. The van der Waals surface area contributed by atoms with E-state index in [0.29, 0.717) is 17.9 Å². The van der Waals surface area contributed by atoms with Gasteiger partial charge in [0.25, 0.3) is 10.1 Å². The Balaban J connectivity index is 1.87. The van der Waals surface area contributed by atoms with Gasteiger partial charge in [-0.15, -0.1) is 0 Å². The maximum Gasteiger partial charge on any atom is 0.307 e. The topological polar surface area (TPSA) is 89.9 Å². The number of fused-ring (bicyclic) bond motifs is 1. The van der Waals surface area contributed by atoms with Crippen molar-refractivity contribution >= 4 is 26.9 Å². The summed E-state index contributed by atoms with van der Waals surface area (Å²) in [4.78, 5) is 11.8.